The molecule has 2 aliphatic heterocycles. The molecular weight excluding hydrogens is 482 g/mol. The number of amides is 1. The second kappa shape index (κ2) is 8.07. The number of nitrogen functional groups attached to an aromatic ring is 1. The maximum atomic E-state index is 13.2. The van der Waals surface area contributed by atoms with Crippen molar-refractivity contribution in [3.63, 3.8) is 0 Å². The monoisotopic (exact) mass is 511 g/mol. The van der Waals surface area contributed by atoms with E-state index in [4.69, 9.17) is 10.7 Å². The minimum absolute atomic E-state index is 0.0638. The molecule has 2 bridgehead atoms. The molecule has 4 aromatic rings. The number of nitrogens with zero attached hydrogens (tertiary/aromatic N) is 7. The lowest BCUT2D eigenvalue weighted by Crippen LogP contribution is -2.46. The Kier molecular flexibility index (Phi) is 4.70. The summed E-state index contributed by atoms with van der Waals surface area (Å²) in [7, 11) is 0. The van der Waals surface area contributed by atoms with Crippen LogP contribution in [0.2, 0.25) is 0 Å². The van der Waals surface area contributed by atoms with Gasteiger partial charge in [0.05, 0.1) is 23.7 Å². The van der Waals surface area contributed by atoms with Crippen molar-refractivity contribution < 1.29 is 9.90 Å². The van der Waals surface area contributed by atoms with Crippen LogP contribution in [0.25, 0.3) is 16.8 Å². The van der Waals surface area contributed by atoms with Crippen LogP contribution >= 0.6 is 0 Å². The van der Waals surface area contributed by atoms with Crippen molar-refractivity contribution in [3.05, 3.63) is 53.1 Å². The molecule has 11 heteroatoms. The largest absolute Gasteiger partial charge is 0.387 e. The first kappa shape index (κ1) is 22.2. The lowest BCUT2D eigenvalue weighted by molar-refractivity contribution is 0.0557. The Morgan fingerprint density at radius 3 is 2.58 bits per heavy atom. The van der Waals surface area contributed by atoms with Crippen molar-refractivity contribution in [2.45, 2.75) is 81.4 Å². The molecule has 0 aromatic carbocycles. The number of carbonyl (C=O) groups excluding carboxylic acids is 1. The van der Waals surface area contributed by atoms with Crippen molar-refractivity contribution in [1.29, 1.82) is 0 Å². The molecule has 194 valence electrons. The fraction of sp³-hybridized carbons (Fsp3) is 0.481. The third-order valence-electron chi connectivity index (χ3n) is 9.02. The molecule has 3 atom stereocenters. The van der Waals surface area contributed by atoms with Crippen LogP contribution in [-0.4, -0.2) is 62.8 Å². The van der Waals surface area contributed by atoms with E-state index in [0.717, 1.165) is 84.2 Å². The normalized spacial score (nSPS) is 26.3. The number of aromatic amines is 1. The standard InChI is InChI=1S/C27H29N9O2/c28-24-21(13-1-2-13)23(15-8-17-4-5-18(9-15)35(17)27(38)25-30-12-31-34-25)33-26-19(11-32-36(24)26)16-7-14-3-6-20(37)22(14)29-10-16/h7,10-13,15,17-18,20,37H,1-6,8-9,28H2,(H,30,31,34). The number of aromatic nitrogens is 7. The van der Waals surface area contributed by atoms with Gasteiger partial charge in [0.25, 0.3) is 5.91 Å². The van der Waals surface area contributed by atoms with Gasteiger partial charge in [-0.2, -0.15) is 14.7 Å². The highest BCUT2D eigenvalue weighted by atomic mass is 16.3. The van der Waals surface area contributed by atoms with Crippen molar-refractivity contribution in [3.8, 4) is 11.1 Å². The highest BCUT2D eigenvalue weighted by Crippen LogP contribution is 2.50. The lowest BCUT2D eigenvalue weighted by atomic mass is 9.85. The summed E-state index contributed by atoms with van der Waals surface area (Å²) in [6, 6.07) is 2.41. The number of hydrogen-bond acceptors (Lipinski definition) is 8. The molecule has 4 N–H and O–H groups in total. The van der Waals surface area contributed by atoms with Crippen LogP contribution in [0.1, 0.15) is 96.0 Å². The number of rotatable bonds is 4. The Hall–Kier alpha value is -3.86. The zero-order valence-electron chi connectivity index (χ0n) is 20.9. The fourth-order valence-corrected chi connectivity index (χ4v) is 7.11. The van der Waals surface area contributed by atoms with Crippen LogP contribution in [0.3, 0.4) is 0 Å². The second-order valence-corrected chi connectivity index (χ2v) is 11.3. The van der Waals surface area contributed by atoms with Crippen molar-refractivity contribution in [1.82, 2.24) is 39.7 Å². The number of carbonyl (C=O) groups is 1. The molecule has 1 saturated carbocycles. The Bertz CT molecular complexity index is 1560. The number of H-pyrrole nitrogens is 1. The van der Waals surface area contributed by atoms with Crippen molar-refractivity contribution in [2.75, 3.05) is 5.73 Å². The summed E-state index contributed by atoms with van der Waals surface area (Å²) in [5.74, 6) is 1.57. The van der Waals surface area contributed by atoms with Crippen LogP contribution in [0.5, 0.6) is 0 Å². The van der Waals surface area contributed by atoms with E-state index in [1.54, 1.807) is 4.52 Å². The quantitative estimate of drug-likeness (QED) is 0.378. The third-order valence-corrected chi connectivity index (χ3v) is 9.02. The Morgan fingerprint density at radius 2 is 1.84 bits per heavy atom. The first-order valence-corrected chi connectivity index (χ1v) is 13.6. The highest BCUT2D eigenvalue weighted by Gasteiger charge is 2.46. The summed E-state index contributed by atoms with van der Waals surface area (Å²) in [5, 5.41) is 21.4. The van der Waals surface area contributed by atoms with Gasteiger partial charge in [-0.25, -0.2) is 9.97 Å². The third kappa shape index (κ3) is 3.24. The Labute approximate surface area is 218 Å². The average Bonchev–Trinajstić information content (AvgIpc) is 3.24. The molecule has 0 spiro atoms. The fourth-order valence-electron chi connectivity index (χ4n) is 7.11. The number of nitrogens with one attached hydrogen (secondary N) is 1. The lowest BCUT2D eigenvalue weighted by Gasteiger charge is -2.39. The molecule has 3 fully saturated rings. The molecule has 2 saturated heterocycles. The number of piperidine rings is 1. The van der Waals surface area contributed by atoms with Crippen LogP contribution in [0, 0.1) is 0 Å². The van der Waals surface area contributed by atoms with Gasteiger partial charge in [-0.05, 0) is 68.9 Å². The number of fused-ring (bicyclic) bond motifs is 4. The summed E-state index contributed by atoms with van der Waals surface area (Å²) in [6.45, 7) is 0. The Morgan fingerprint density at radius 1 is 1.03 bits per heavy atom. The van der Waals surface area contributed by atoms with E-state index in [1.807, 2.05) is 17.3 Å². The number of anilines is 1. The van der Waals surface area contributed by atoms with Gasteiger partial charge < -0.3 is 15.7 Å². The number of aryl methyl sites for hydroxylation is 1. The van der Waals surface area contributed by atoms with Gasteiger partial charge in [-0.15, -0.1) is 0 Å². The summed E-state index contributed by atoms with van der Waals surface area (Å²) in [5.41, 5.74) is 13.5. The second-order valence-electron chi connectivity index (χ2n) is 11.3. The van der Waals surface area contributed by atoms with Crippen LogP contribution in [0.15, 0.2) is 24.8 Å². The van der Waals surface area contributed by atoms with E-state index in [2.05, 4.69) is 31.3 Å². The molecule has 1 amide bonds. The van der Waals surface area contributed by atoms with Gasteiger partial charge in [-0.3, -0.25) is 14.9 Å². The van der Waals surface area contributed by atoms with Gasteiger partial charge in [0.1, 0.15) is 12.1 Å². The number of hydrogen-bond donors (Lipinski definition) is 3. The van der Waals surface area contributed by atoms with E-state index in [1.165, 1.54) is 6.33 Å². The molecule has 6 heterocycles. The zero-order valence-corrected chi connectivity index (χ0v) is 20.9. The van der Waals surface area contributed by atoms with Gasteiger partial charge in [-0.1, -0.05) is 0 Å². The summed E-state index contributed by atoms with van der Waals surface area (Å²) < 4.78 is 1.78. The maximum absolute atomic E-state index is 13.2. The highest BCUT2D eigenvalue weighted by molar-refractivity contribution is 5.91. The first-order chi connectivity index (χ1) is 18.6. The summed E-state index contributed by atoms with van der Waals surface area (Å²) >= 11 is 0. The Balaban J connectivity index is 1.19. The molecule has 2 aliphatic carbocycles. The number of aliphatic hydroxyl groups excluding tert-OH is 1. The van der Waals surface area contributed by atoms with Crippen LogP contribution < -0.4 is 5.73 Å². The summed E-state index contributed by atoms with van der Waals surface area (Å²) in [4.78, 5) is 29.2. The van der Waals surface area contributed by atoms with Gasteiger partial charge in [0.2, 0.25) is 5.82 Å². The first-order valence-electron chi connectivity index (χ1n) is 13.6. The zero-order chi connectivity index (χ0) is 25.5. The molecule has 0 radical (unpaired) electrons. The molecule has 3 unspecified atom stereocenters. The van der Waals surface area contributed by atoms with E-state index >= 15 is 0 Å². The van der Waals surface area contributed by atoms with Crippen molar-refractivity contribution in [2.24, 2.45) is 0 Å². The van der Waals surface area contributed by atoms with E-state index < -0.39 is 6.10 Å². The predicted octanol–water partition coefficient (Wildman–Crippen LogP) is 2.90. The number of aliphatic hydroxyl groups is 1. The van der Waals surface area contributed by atoms with Crippen LogP contribution in [0.4, 0.5) is 5.82 Å². The average molecular weight is 512 g/mol. The smallest absolute Gasteiger partial charge is 0.291 e. The van der Waals surface area contributed by atoms with Crippen molar-refractivity contribution >= 4 is 17.4 Å². The van der Waals surface area contributed by atoms with Crippen LogP contribution in [-0.2, 0) is 6.42 Å². The topological polar surface area (TPSA) is 151 Å². The molecular formula is C27H29N9O2. The van der Waals surface area contributed by atoms with E-state index in [0.29, 0.717) is 24.0 Å². The molecule has 4 aliphatic rings. The molecule has 11 nitrogen and oxygen atoms in total. The van der Waals surface area contributed by atoms with Gasteiger partial charge in [0, 0.05) is 40.9 Å². The summed E-state index contributed by atoms with van der Waals surface area (Å²) in [6.07, 6.45) is 12.0. The number of nitrogens with two attached hydrogens (primary N) is 1. The number of pyridine rings is 1. The molecule has 8 rings (SSSR count). The van der Waals surface area contributed by atoms with E-state index in [9.17, 15) is 9.90 Å². The molecule has 4 aromatic heterocycles. The minimum atomic E-state index is -0.485. The van der Waals surface area contributed by atoms with Gasteiger partial charge in [0.15, 0.2) is 5.65 Å². The SMILES string of the molecule is Nc1c(C2CC2)c(C2CC3CCC(C2)N3C(=O)c2ncn[nH]2)nc2c(-c3cnc4c(c3)CCC4O)cnn12. The molecule has 38 heavy (non-hydrogen) atoms. The maximum Gasteiger partial charge on any atom is 0.291 e. The minimum Gasteiger partial charge on any atom is -0.387 e. The van der Waals surface area contributed by atoms with E-state index in [-0.39, 0.29) is 23.9 Å². The predicted molar refractivity (Wildman–Crippen MR) is 137 cm³/mol. The van der Waals surface area contributed by atoms with Gasteiger partial charge >= 0.3 is 0 Å².